The minimum Gasteiger partial charge on any atom is -0.478 e. The van der Waals surface area contributed by atoms with Crippen molar-refractivity contribution in [2.24, 2.45) is 0 Å². The number of rotatable bonds is 5. The van der Waals surface area contributed by atoms with Gasteiger partial charge in [-0.15, -0.1) is 0 Å². The van der Waals surface area contributed by atoms with Gasteiger partial charge in [-0.05, 0) is 18.6 Å². The van der Waals surface area contributed by atoms with Crippen LogP contribution in [0.5, 0.6) is 5.88 Å². The second-order valence-corrected chi connectivity index (χ2v) is 7.55. The highest BCUT2D eigenvalue weighted by atomic mass is 16.6. The predicted octanol–water partition coefficient (Wildman–Crippen LogP) is 2.87. The molecular formula is C22H26N2O5. The number of amides is 1. The quantitative estimate of drug-likeness (QED) is 0.834. The fourth-order valence-corrected chi connectivity index (χ4v) is 4.19. The first-order chi connectivity index (χ1) is 14.1. The number of piperidine rings is 1. The van der Waals surface area contributed by atoms with Crippen LogP contribution >= 0.6 is 0 Å². The standard InChI is InChI=1S/C22H26N2O5/c1-2-28-20-9-8-17(12-23-20)22(26)10-18-14-27-15-19(11-22)24(18)21(25)29-13-16-6-4-3-5-7-16/h3-9,12,18-19,26H,2,10-11,13-15H2,1H3. The largest absolute Gasteiger partial charge is 0.478 e. The molecule has 7 nitrogen and oxygen atoms in total. The Hall–Kier alpha value is -2.64. The van der Waals surface area contributed by atoms with Gasteiger partial charge in [-0.25, -0.2) is 9.78 Å². The molecule has 3 heterocycles. The summed E-state index contributed by atoms with van der Waals surface area (Å²) in [7, 11) is 0. The highest BCUT2D eigenvalue weighted by Gasteiger charge is 2.49. The third kappa shape index (κ3) is 4.21. The Morgan fingerprint density at radius 2 is 1.93 bits per heavy atom. The van der Waals surface area contributed by atoms with Crippen molar-refractivity contribution < 1.29 is 24.1 Å². The van der Waals surface area contributed by atoms with Gasteiger partial charge in [0.2, 0.25) is 5.88 Å². The number of pyridine rings is 1. The summed E-state index contributed by atoms with van der Waals surface area (Å²) in [5.41, 5.74) is 0.610. The third-order valence-electron chi connectivity index (χ3n) is 5.54. The van der Waals surface area contributed by atoms with Crippen molar-refractivity contribution in [3.8, 4) is 5.88 Å². The molecular weight excluding hydrogens is 372 g/mol. The second-order valence-electron chi connectivity index (χ2n) is 7.55. The summed E-state index contributed by atoms with van der Waals surface area (Å²) in [5.74, 6) is 0.533. The Labute approximate surface area is 170 Å². The van der Waals surface area contributed by atoms with Gasteiger partial charge in [0.05, 0.1) is 37.5 Å². The molecule has 154 valence electrons. The van der Waals surface area contributed by atoms with Crippen LogP contribution in [-0.4, -0.2) is 53.0 Å². The van der Waals surface area contributed by atoms with Gasteiger partial charge in [0.1, 0.15) is 6.61 Å². The first-order valence-corrected chi connectivity index (χ1v) is 9.97. The van der Waals surface area contributed by atoms with E-state index in [1.165, 1.54) is 0 Å². The molecule has 2 aromatic rings. The summed E-state index contributed by atoms with van der Waals surface area (Å²) in [6.07, 6.45) is 2.04. The molecule has 0 radical (unpaired) electrons. The summed E-state index contributed by atoms with van der Waals surface area (Å²) in [4.78, 5) is 18.8. The molecule has 2 bridgehead atoms. The minimum absolute atomic E-state index is 0.226. The lowest BCUT2D eigenvalue weighted by atomic mass is 9.77. The van der Waals surface area contributed by atoms with Crippen LogP contribution in [0.25, 0.3) is 0 Å². The molecule has 1 amide bonds. The number of hydrogen-bond acceptors (Lipinski definition) is 6. The molecule has 2 fully saturated rings. The summed E-state index contributed by atoms with van der Waals surface area (Å²) in [6, 6.07) is 12.7. The van der Waals surface area contributed by atoms with E-state index in [-0.39, 0.29) is 24.8 Å². The van der Waals surface area contributed by atoms with Gasteiger partial charge in [0.15, 0.2) is 0 Å². The lowest BCUT2D eigenvalue weighted by Gasteiger charge is -2.50. The van der Waals surface area contributed by atoms with Gasteiger partial charge in [0.25, 0.3) is 0 Å². The fourth-order valence-electron chi connectivity index (χ4n) is 4.19. The third-order valence-corrected chi connectivity index (χ3v) is 5.54. The molecule has 1 aromatic heterocycles. The van der Waals surface area contributed by atoms with Crippen LogP contribution < -0.4 is 4.74 Å². The molecule has 29 heavy (non-hydrogen) atoms. The molecule has 2 saturated heterocycles. The number of fused-ring (bicyclic) bond motifs is 2. The van der Waals surface area contributed by atoms with Gasteiger partial charge in [-0.2, -0.15) is 0 Å². The number of aliphatic hydroxyl groups is 1. The Morgan fingerprint density at radius 1 is 1.21 bits per heavy atom. The van der Waals surface area contributed by atoms with Crippen molar-refractivity contribution in [3.63, 3.8) is 0 Å². The molecule has 1 N–H and O–H groups in total. The number of carbonyl (C=O) groups is 1. The van der Waals surface area contributed by atoms with Gasteiger partial charge in [-0.1, -0.05) is 30.3 Å². The number of carbonyl (C=O) groups excluding carboxylic acids is 1. The molecule has 7 heteroatoms. The van der Waals surface area contributed by atoms with Gasteiger partial charge >= 0.3 is 6.09 Å². The number of hydrogen-bond donors (Lipinski definition) is 1. The SMILES string of the molecule is CCOc1ccc(C2(O)CC3COCC(C2)N3C(=O)OCc2ccccc2)cn1. The van der Waals surface area contributed by atoms with E-state index in [9.17, 15) is 9.90 Å². The summed E-state index contributed by atoms with van der Waals surface area (Å²) in [6.45, 7) is 3.42. The number of ether oxygens (including phenoxy) is 3. The molecule has 2 unspecified atom stereocenters. The van der Waals surface area contributed by atoms with Crippen molar-refractivity contribution in [1.29, 1.82) is 0 Å². The zero-order chi connectivity index (χ0) is 20.3. The van der Waals surface area contributed by atoms with E-state index in [4.69, 9.17) is 14.2 Å². The lowest BCUT2D eigenvalue weighted by Crippen LogP contribution is -2.62. The molecule has 2 atom stereocenters. The number of aromatic nitrogens is 1. The molecule has 2 aliphatic heterocycles. The van der Waals surface area contributed by atoms with E-state index in [0.717, 1.165) is 11.1 Å². The van der Waals surface area contributed by atoms with Crippen molar-refractivity contribution in [2.75, 3.05) is 19.8 Å². The van der Waals surface area contributed by atoms with Crippen molar-refractivity contribution in [1.82, 2.24) is 9.88 Å². The van der Waals surface area contributed by atoms with Crippen molar-refractivity contribution >= 4 is 6.09 Å². The second kappa shape index (κ2) is 8.39. The van der Waals surface area contributed by atoms with Crippen LogP contribution in [0, 0.1) is 0 Å². The maximum Gasteiger partial charge on any atom is 0.410 e. The summed E-state index contributed by atoms with van der Waals surface area (Å²) in [5, 5.41) is 11.4. The summed E-state index contributed by atoms with van der Waals surface area (Å²) >= 11 is 0. The first kappa shape index (κ1) is 19.7. The molecule has 0 spiro atoms. The average Bonchev–Trinajstić information content (AvgIpc) is 2.73. The van der Waals surface area contributed by atoms with E-state index in [2.05, 4.69) is 4.98 Å². The maximum absolute atomic E-state index is 12.8. The Morgan fingerprint density at radius 3 is 2.55 bits per heavy atom. The average molecular weight is 398 g/mol. The van der Waals surface area contributed by atoms with Crippen LogP contribution in [0.15, 0.2) is 48.7 Å². The van der Waals surface area contributed by atoms with Crippen LogP contribution in [0.4, 0.5) is 4.79 Å². The lowest BCUT2D eigenvalue weighted by molar-refractivity contribution is -0.137. The zero-order valence-corrected chi connectivity index (χ0v) is 16.5. The molecule has 2 aliphatic rings. The van der Waals surface area contributed by atoms with E-state index < -0.39 is 5.60 Å². The van der Waals surface area contributed by atoms with Crippen molar-refractivity contribution in [2.45, 2.75) is 44.1 Å². The number of benzene rings is 1. The normalized spacial score (nSPS) is 26.1. The Bertz CT molecular complexity index is 813. The van der Waals surface area contributed by atoms with E-state index in [1.807, 2.05) is 43.3 Å². The Balaban J connectivity index is 1.46. The zero-order valence-electron chi connectivity index (χ0n) is 16.5. The smallest absolute Gasteiger partial charge is 0.410 e. The monoisotopic (exact) mass is 398 g/mol. The summed E-state index contributed by atoms with van der Waals surface area (Å²) < 4.78 is 16.6. The van der Waals surface area contributed by atoms with Gasteiger partial charge < -0.3 is 19.3 Å². The van der Waals surface area contributed by atoms with Gasteiger partial charge in [-0.3, -0.25) is 4.90 Å². The molecule has 0 saturated carbocycles. The van der Waals surface area contributed by atoms with Crippen LogP contribution in [0.1, 0.15) is 30.9 Å². The molecule has 4 rings (SSSR count). The van der Waals surface area contributed by atoms with Crippen molar-refractivity contribution in [3.05, 3.63) is 59.8 Å². The highest BCUT2D eigenvalue weighted by Crippen LogP contribution is 2.41. The van der Waals surface area contributed by atoms with Gasteiger partial charge in [0, 0.05) is 30.7 Å². The van der Waals surface area contributed by atoms with E-state index in [0.29, 0.717) is 38.5 Å². The first-order valence-electron chi connectivity index (χ1n) is 9.97. The predicted molar refractivity (Wildman–Crippen MR) is 105 cm³/mol. The van der Waals surface area contributed by atoms with Crippen LogP contribution in [0.2, 0.25) is 0 Å². The number of nitrogens with zero attached hydrogens (tertiary/aromatic N) is 2. The Kier molecular flexibility index (Phi) is 5.69. The highest BCUT2D eigenvalue weighted by molar-refractivity contribution is 5.69. The van der Waals surface area contributed by atoms with Crippen LogP contribution in [0.3, 0.4) is 0 Å². The van der Waals surface area contributed by atoms with Crippen LogP contribution in [-0.2, 0) is 21.7 Å². The minimum atomic E-state index is -1.06. The molecule has 0 aliphatic carbocycles. The number of morpholine rings is 1. The van der Waals surface area contributed by atoms with E-state index >= 15 is 0 Å². The maximum atomic E-state index is 12.8. The topological polar surface area (TPSA) is 81.1 Å². The molecule has 1 aromatic carbocycles. The van der Waals surface area contributed by atoms with E-state index in [1.54, 1.807) is 17.2 Å². The fraction of sp³-hybridized carbons (Fsp3) is 0.455.